The fourth-order valence-electron chi connectivity index (χ4n) is 0.263. The van der Waals surface area contributed by atoms with E-state index in [1.807, 2.05) is 0 Å². The smallest absolute Gasteiger partial charge is 0.550 e. The average Bonchev–Trinajstić information content (AvgIpc) is 1.63. The SMILES string of the molecule is NC(CC(=O)[O-])C(=O)[O-].O.O.O.[Sr+2]. The second-order valence-electron chi connectivity index (χ2n) is 1.50. The summed E-state index contributed by atoms with van der Waals surface area (Å²) >= 11 is 0. The van der Waals surface area contributed by atoms with Gasteiger partial charge in [-0.15, -0.1) is 0 Å². The Morgan fingerprint density at radius 2 is 1.46 bits per heavy atom. The van der Waals surface area contributed by atoms with E-state index in [9.17, 15) is 19.8 Å². The molecule has 0 saturated heterocycles. The van der Waals surface area contributed by atoms with Crippen molar-refractivity contribution >= 4 is 57.4 Å². The second-order valence-corrected chi connectivity index (χ2v) is 1.50. The van der Waals surface area contributed by atoms with Crippen LogP contribution in [0.1, 0.15) is 6.42 Å². The Kier molecular flexibility index (Phi) is 33.2. The van der Waals surface area contributed by atoms with Gasteiger partial charge in [-0.05, 0) is 0 Å². The quantitative estimate of drug-likeness (QED) is 0.496. The molecule has 9 heteroatoms. The number of carbonyl (C=O) groups excluding carboxylic acids is 2. The molecule has 1 atom stereocenters. The van der Waals surface area contributed by atoms with Gasteiger partial charge in [-0.25, -0.2) is 0 Å². The predicted molar refractivity (Wildman–Crippen MR) is 39.2 cm³/mol. The normalized spacial score (nSPS) is 8.69. The van der Waals surface area contributed by atoms with E-state index >= 15 is 0 Å². The summed E-state index contributed by atoms with van der Waals surface area (Å²) in [5, 5.41) is 19.3. The first kappa shape index (κ1) is 29.2. The zero-order chi connectivity index (χ0) is 7.44. The molecule has 0 aliphatic carbocycles. The maximum Gasteiger partial charge on any atom is 2.00 e. The first-order valence-electron chi connectivity index (χ1n) is 2.20. The molecule has 0 aromatic rings. The van der Waals surface area contributed by atoms with Crippen LogP contribution in [0.25, 0.3) is 0 Å². The number of aliphatic carboxylic acids is 2. The average molecular weight is 273 g/mol. The van der Waals surface area contributed by atoms with Crippen molar-refractivity contribution in [3.8, 4) is 0 Å². The van der Waals surface area contributed by atoms with Crippen molar-refractivity contribution in [1.82, 2.24) is 0 Å². The van der Waals surface area contributed by atoms with Crippen molar-refractivity contribution in [1.29, 1.82) is 0 Å². The summed E-state index contributed by atoms with van der Waals surface area (Å²) in [6.07, 6.45) is -0.706. The maximum atomic E-state index is 9.71. The van der Waals surface area contributed by atoms with Crippen LogP contribution in [0.4, 0.5) is 0 Å². The minimum Gasteiger partial charge on any atom is -0.550 e. The van der Waals surface area contributed by atoms with Gasteiger partial charge >= 0.3 is 45.5 Å². The molecular weight excluding hydrogens is 262 g/mol. The topological polar surface area (TPSA) is 201 Å². The van der Waals surface area contributed by atoms with E-state index in [1.54, 1.807) is 0 Å². The summed E-state index contributed by atoms with van der Waals surface area (Å²) < 4.78 is 0. The number of carboxylic acids is 2. The predicted octanol–water partition coefficient (Wildman–Crippen LogP) is -6.65. The summed E-state index contributed by atoms with van der Waals surface area (Å²) in [5.74, 6) is -3.08. The summed E-state index contributed by atoms with van der Waals surface area (Å²) in [6.45, 7) is 0. The second kappa shape index (κ2) is 14.8. The molecule has 0 spiro atoms. The molecule has 0 amide bonds. The van der Waals surface area contributed by atoms with Gasteiger partial charge in [-0.3, -0.25) is 0 Å². The zero-order valence-electron chi connectivity index (χ0n) is 6.70. The molecule has 0 aliphatic heterocycles. The molecule has 8 nitrogen and oxygen atoms in total. The standard InChI is InChI=1S/C4H7NO4.3H2O.Sr/c5-2(4(8)9)1-3(6)7;;;;/h2H,1,5H2,(H,6,7)(H,8,9);3*1H2;/q;;;;+2/p-2. The molecule has 0 saturated carbocycles. The van der Waals surface area contributed by atoms with E-state index in [1.165, 1.54) is 0 Å². The van der Waals surface area contributed by atoms with Crippen LogP contribution in [-0.4, -0.2) is 79.9 Å². The van der Waals surface area contributed by atoms with Gasteiger partial charge in [0.25, 0.3) is 0 Å². The van der Waals surface area contributed by atoms with Crippen molar-refractivity contribution in [3.05, 3.63) is 0 Å². The van der Waals surface area contributed by atoms with Gasteiger partial charge in [-0.2, -0.15) is 0 Å². The van der Waals surface area contributed by atoms with Crippen LogP contribution in [0.15, 0.2) is 0 Å². The van der Waals surface area contributed by atoms with E-state index in [0.29, 0.717) is 0 Å². The number of carboxylic acid groups (broad SMARTS) is 2. The Hall–Kier alpha value is 0.261. The number of rotatable bonds is 3. The number of carbonyl (C=O) groups is 2. The summed E-state index contributed by atoms with van der Waals surface area (Å²) in [6, 6.07) is -1.46. The Labute approximate surface area is 111 Å². The molecule has 0 aromatic carbocycles. The largest absolute Gasteiger partial charge is 2.00 e. The van der Waals surface area contributed by atoms with E-state index in [-0.39, 0.29) is 61.9 Å². The van der Waals surface area contributed by atoms with Crippen LogP contribution in [0.2, 0.25) is 0 Å². The third-order valence-corrected chi connectivity index (χ3v) is 0.689. The van der Waals surface area contributed by atoms with Crippen LogP contribution in [0.5, 0.6) is 0 Å². The molecule has 13 heavy (non-hydrogen) atoms. The maximum absolute atomic E-state index is 9.71. The van der Waals surface area contributed by atoms with Crippen LogP contribution < -0.4 is 15.9 Å². The fourth-order valence-corrected chi connectivity index (χ4v) is 0.263. The molecule has 8 N–H and O–H groups in total. The Balaban J connectivity index is -0.0000000533. The molecule has 76 valence electrons. The molecule has 0 aliphatic rings. The molecular formula is C4H11NO7Sr. The Bertz CT molecular complexity index is 140. The molecule has 0 fully saturated rings. The van der Waals surface area contributed by atoms with E-state index in [2.05, 4.69) is 0 Å². The van der Waals surface area contributed by atoms with Gasteiger partial charge < -0.3 is 42.0 Å². The molecule has 0 rings (SSSR count). The van der Waals surface area contributed by atoms with Gasteiger partial charge in [-0.1, -0.05) is 0 Å². The zero-order valence-corrected chi connectivity index (χ0v) is 10.2. The molecule has 0 heterocycles. The fraction of sp³-hybridized carbons (Fsp3) is 0.500. The van der Waals surface area contributed by atoms with Gasteiger partial charge in [0.15, 0.2) is 0 Å². The van der Waals surface area contributed by atoms with Crippen molar-refractivity contribution in [3.63, 3.8) is 0 Å². The Morgan fingerprint density at radius 3 is 1.54 bits per heavy atom. The summed E-state index contributed by atoms with van der Waals surface area (Å²) in [5.41, 5.74) is 4.73. The summed E-state index contributed by atoms with van der Waals surface area (Å²) in [7, 11) is 0. The molecule has 0 aromatic heterocycles. The van der Waals surface area contributed by atoms with Crippen molar-refractivity contribution in [2.45, 2.75) is 12.5 Å². The van der Waals surface area contributed by atoms with Crippen LogP contribution in [-0.2, 0) is 9.59 Å². The third kappa shape index (κ3) is 18.9. The van der Waals surface area contributed by atoms with E-state index in [4.69, 9.17) is 5.73 Å². The number of hydrogen-bond acceptors (Lipinski definition) is 5. The van der Waals surface area contributed by atoms with Crippen molar-refractivity contribution < 1.29 is 36.2 Å². The van der Waals surface area contributed by atoms with E-state index < -0.39 is 24.4 Å². The van der Waals surface area contributed by atoms with Gasteiger partial charge in [0, 0.05) is 18.4 Å². The van der Waals surface area contributed by atoms with E-state index in [0.717, 1.165) is 0 Å². The molecule has 1 unspecified atom stereocenters. The third-order valence-electron chi connectivity index (χ3n) is 0.689. The molecule has 0 bridgehead atoms. The van der Waals surface area contributed by atoms with Crippen molar-refractivity contribution in [2.24, 2.45) is 5.73 Å². The van der Waals surface area contributed by atoms with Crippen molar-refractivity contribution in [2.75, 3.05) is 0 Å². The minimum absolute atomic E-state index is 0. The van der Waals surface area contributed by atoms with Gasteiger partial charge in [0.2, 0.25) is 0 Å². The molecule has 0 radical (unpaired) electrons. The first-order valence-corrected chi connectivity index (χ1v) is 2.20. The summed E-state index contributed by atoms with van der Waals surface area (Å²) in [4.78, 5) is 19.3. The van der Waals surface area contributed by atoms with Gasteiger partial charge in [0.1, 0.15) is 0 Å². The number of nitrogens with two attached hydrogens (primary N) is 1. The Morgan fingerprint density at radius 1 is 1.15 bits per heavy atom. The van der Waals surface area contributed by atoms with Gasteiger partial charge in [0.05, 0.1) is 5.97 Å². The van der Waals surface area contributed by atoms with Crippen LogP contribution in [0.3, 0.4) is 0 Å². The van der Waals surface area contributed by atoms with Crippen LogP contribution >= 0.6 is 0 Å². The first-order chi connectivity index (χ1) is 4.04. The minimum atomic E-state index is -1.58. The monoisotopic (exact) mass is 273 g/mol. The number of hydrogen-bond donors (Lipinski definition) is 1. The van der Waals surface area contributed by atoms with Crippen LogP contribution in [0, 0.1) is 0 Å².